The first-order chi connectivity index (χ1) is 20.3. The van der Waals surface area contributed by atoms with Gasteiger partial charge in [-0.25, -0.2) is 14.4 Å². The number of fused-ring (bicyclic) bond motifs is 1. The molecule has 2 aliphatic rings. The first-order valence-electron chi connectivity index (χ1n) is 14.7. The van der Waals surface area contributed by atoms with Crippen molar-refractivity contribution in [2.45, 2.75) is 71.2 Å². The molecule has 0 spiro atoms. The Labute approximate surface area is 248 Å². The van der Waals surface area contributed by atoms with Crippen LogP contribution in [-0.2, 0) is 28.6 Å². The second-order valence-corrected chi connectivity index (χ2v) is 11.1. The summed E-state index contributed by atoms with van der Waals surface area (Å²) in [7, 11) is 0. The van der Waals surface area contributed by atoms with Gasteiger partial charge in [-0.15, -0.1) is 0 Å². The van der Waals surface area contributed by atoms with E-state index in [0.717, 1.165) is 41.5 Å². The van der Waals surface area contributed by atoms with Crippen molar-refractivity contribution in [2.24, 2.45) is 11.8 Å². The predicted octanol–water partition coefficient (Wildman–Crippen LogP) is 7.11. The molecule has 6 nitrogen and oxygen atoms in total. The molecule has 2 aromatic rings. The molecule has 0 saturated heterocycles. The van der Waals surface area contributed by atoms with Crippen LogP contribution in [0.2, 0.25) is 0 Å². The summed E-state index contributed by atoms with van der Waals surface area (Å²) in [5, 5.41) is 0. The number of hydrogen-bond donors (Lipinski definition) is 0. The number of hydrogen-bond acceptors (Lipinski definition) is 6. The second kappa shape index (κ2) is 15.2. The third-order valence-corrected chi connectivity index (χ3v) is 7.86. The molecule has 220 valence electrons. The molecule has 0 unspecified atom stereocenters. The van der Waals surface area contributed by atoms with Crippen molar-refractivity contribution < 1.29 is 28.6 Å². The average Bonchev–Trinajstić information content (AvgIpc) is 3.35. The number of aryl methyl sites for hydroxylation is 2. The Morgan fingerprint density at radius 3 is 2.12 bits per heavy atom. The number of esters is 3. The number of carbonyl (C=O) groups is 3. The van der Waals surface area contributed by atoms with E-state index in [1.54, 1.807) is 18.2 Å². The highest BCUT2D eigenvalue weighted by molar-refractivity contribution is 5.88. The second-order valence-electron chi connectivity index (χ2n) is 11.1. The molecule has 1 aliphatic heterocycles. The molecule has 42 heavy (non-hydrogen) atoms. The summed E-state index contributed by atoms with van der Waals surface area (Å²) in [5.41, 5.74) is 3.99. The SMILES string of the molecule is Cc1ccccc1/C=C/C(=O)O[C@@H]1C[C@@H]2[C@H](/C=C/CCC[C@H](C)OC(=O)/C=C/[C@H]2OC(=O)/C=C/c2ccccc2C)C1. The minimum absolute atomic E-state index is 0.000131. The van der Waals surface area contributed by atoms with E-state index in [1.165, 1.54) is 18.2 Å². The molecular formula is C36H40O6. The molecule has 0 N–H and O–H groups in total. The molecule has 1 heterocycles. The molecule has 2 aromatic carbocycles. The van der Waals surface area contributed by atoms with Crippen molar-refractivity contribution >= 4 is 30.1 Å². The van der Waals surface area contributed by atoms with Crippen LogP contribution in [0.5, 0.6) is 0 Å². The summed E-state index contributed by atoms with van der Waals surface area (Å²) in [6.07, 6.45) is 15.9. The summed E-state index contributed by atoms with van der Waals surface area (Å²) in [6, 6.07) is 15.6. The van der Waals surface area contributed by atoms with Crippen molar-refractivity contribution in [1.29, 1.82) is 0 Å². The van der Waals surface area contributed by atoms with Gasteiger partial charge in [0.25, 0.3) is 0 Å². The van der Waals surface area contributed by atoms with Crippen molar-refractivity contribution in [2.75, 3.05) is 0 Å². The van der Waals surface area contributed by atoms with E-state index in [1.807, 2.05) is 69.3 Å². The molecule has 6 heteroatoms. The van der Waals surface area contributed by atoms with Gasteiger partial charge in [0.1, 0.15) is 12.2 Å². The topological polar surface area (TPSA) is 78.9 Å². The summed E-state index contributed by atoms with van der Waals surface area (Å²) in [5.74, 6) is -1.57. The van der Waals surface area contributed by atoms with Crippen LogP contribution in [0.3, 0.4) is 0 Å². The molecule has 1 saturated carbocycles. The normalized spacial score (nSPS) is 26.4. The van der Waals surface area contributed by atoms with Gasteiger partial charge in [-0.1, -0.05) is 60.7 Å². The number of rotatable bonds is 6. The molecule has 0 bridgehead atoms. The number of carbonyl (C=O) groups excluding carboxylic acids is 3. The smallest absolute Gasteiger partial charge is 0.331 e. The fourth-order valence-electron chi connectivity index (χ4n) is 5.52. The van der Waals surface area contributed by atoms with Gasteiger partial charge in [0.05, 0.1) is 6.10 Å². The molecular weight excluding hydrogens is 528 g/mol. The zero-order valence-electron chi connectivity index (χ0n) is 24.6. The fraction of sp³-hybridized carbons (Fsp3) is 0.361. The lowest BCUT2D eigenvalue weighted by atomic mass is 9.89. The lowest BCUT2D eigenvalue weighted by molar-refractivity contribution is -0.146. The summed E-state index contributed by atoms with van der Waals surface area (Å²) in [4.78, 5) is 38.3. The van der Waals surface area contributed by atoms with E-state index in [0.29, 0.717) is 12.8 Å². The highest BCUT2D eigenvalue weighted by atomic mass is 16.6. The van der Waals surface area contributed by atoms with Gasteiger partial charge >= 0.3 is 17.9 Å². The lowest BCUT2D eigenvalue weighted by Gasteiger charge is -2.24. The molecule has 0 aromatic heterocycles. The first kappa shape index (κ1) is 30.8. The van der Waals surface area contributed by atoms with Gasteiger partial charge in [-0.05, 0) is 99.3 Å². The van der Waals surface area contributed by atoms with E-state index in [-0.39, 0.29) is 24.0 Å². The van der Waals surface area contributed by atoms with Crippen LogP contribution >= 0.6 is 0 Å². The number of ether oxygens (including phenoxy) is 3. The van der Waals surface area contributed by atoms with Gasteiger partial charge in [0.15, 0.2) is 0 Å². The quantitative estimate of drug-likeness (QED) is 0.160. The predicted molar refractivity (Wildman–Crippen MR) is 164 cm³/mol. The third-order valence-electron chi connectivity index (χ3n) is 7.86. The monoisotopic (exact) mass is 568 g/mol. The van der Waals surface area contributed by atoms with Crippen LogP contribution < -0.4 is 0 Å². The Morgan fingerprint density at radius 2 is 1.48 bits per heavy atom. The van der Waals surface area contributed by atoms with E-state index in [9.17, 15) is 14.4 Å². The van der Waals surface area contributed by atoms with Crippen LogP contribution in [0.25, 0.3) is 12.2 Å². The van der Waals surface area contributed by atoms with E-state index in [4.69, 9.17) is 14.2 Å². The third kappa shape index (κ3) is 9.16. The van der Waals surface area contributed by atoms with Crippen molar-refractivity contribution in [1.82, 2.24) is 0 Å². The summed E-state index contributed by atoms with van der Waals surface area (Å²) < 4.78 is 17.3. The van der Waals surface area contributed by atoms with E-state index >= 15 is 0 Å². The van der Waals surface area contributed by atoms with E-state index in [2.05, 4.69) is 12.2 Å². The summed E-state index contributed by atoms with van der Waals surface area (Å²) in [6.45, 7) is 5.84. The fourth-order valence-corrected chi connectivity index (χ4v) is 5.52. The minimum atomic E-state index is -0.705. The highest BCUT2D eigenvalue weighted by Gasteiger charge is 2.40. The lowest BCUT2D eigenvalue weighted by Crippen LogP contribution is -2.27. The molecule has 5 atom stereocenters. The van der Waals surface area contributed by atoms with Gasteiger partial charge in [0, 0.05) is 24.1 Å². The number of cyclic esters (lactones) is 1. The van der Waals surface area contributed by atoms with Gasteiger partial charge < -0.3 is 14.2 Å². The first-order valence-corrected chi connectivity index (χ1v) is 14.7. The maximum atomic E-state index is 13.0. The minimum Gasteiger partial charge on any atom is -0.460 e. The molecule has 1 aliphatic carbocycles. The zero-order chi connectivity index (χ0) is 29.9. The maximum Gasteiger partial charge on any atom is 0.331 e. The maximum absolute atomic E-state index is 13.0. The molecule has 0 amide bonds. The Morgan fingerprint density at radius 1 is 0.857 bits per heavy atom. The van der Waals surface area contributed by atoms with Crippen LogP contribution in [0.4, 0.5) is 0 Å². The van der Waals surface area contributed by atoms with Crippen molar-refractivity contribution in [3.05, 3.63) is 107 Å². The van der Waals surface area contributed by atoms with Crippen LogP contribution in [0, 0.1) is 25.7 Å². The number of allylic oxidation sites excluding steroid dienone is 2. The highest BCUT2D eigenvalue weighted by Crippen LogP contribution is 2.39. The van der Waals surface area contributed by atoms with Crippen LogP contribution in [-0.4, -0.2) is 36.2 Å². The molecule has 1 fully saturated rings. The van der Waals surface area contributed by atoms with E-state index < -0.39 is 24.0 Å². The molecule has 4 rings (SSSR count). The standard InChI is InChI=1S/C36H40O6/c1-25-11-7-9-14-28(25)17-20-35(38)41-31-23-30-16-6-4-5-13-27(3)40-34(37)22-19-33(32(30)24-31)42-36(39)21-18-29-15-10-8-12-26(29)2/h6-12,14-22,27,30-33H,4-5,13,23-24H2,1-3H3/b16-6+,20-17+,21-18+,22-19+/t27-,30+,31-,32+,33+/m0/s1. The average molecular weight is 569 g/mol. The van der Waals surface area contributed by atoms with Crippen LogP contribution in [0.1, 0.15) is 61.3 Å². The van der Waals surface area contributed by atoms with Crippen molar-refractivity contribution in [3.8, 4) is 0 Å². The Bertz CT molecular complexity index is 1370. The summed E-state index contributed by atoms with van der Waals surface area (Å²) >= 11 is 0. The largest absolute Gasteiger partial charge is 0.460 e. The zero-order valence-corrected chi connectivity index (χ0v) is 24.6. The van der Waals surface area contributed by atoms with Gasteiger partial charge in [-0.3, -0.25) is 0 Å². The Balaban J connectivity index is 1.52. The van der Waals surface area contributed by atoms with Crippen LogP contribution in [0.15, 0.2) is 85.0 Å². The van der Waals surface area contributed by atoms with Crippen molar-refractivity contribution in [3.63, 3.8) is 0 Å². The Hall–Kier alpha value is -4.19. The number of benzene rings is 2. The Kier molecular flexibility index (Phi) is 11.1. The molecule has 0 radical (unpaired) electrons. The van der Waals surface area contributed by atoms with Gasteiger partial charge in [-0.2, -0.15) is 0 Å². The van der Waals surface area contributed by atoms with Gasteiger partial charge in [0.2, 0.25) is 0 Å².